The lowest BCUT2D eigenvalue weighted by Gasteiger charge is -2.11. The number of hydrogen-bond acceptors (Lipinski definition) is 7. The highest BCUT2D eigenvalue weighted by Gasteiger charge is 2.18. The van der Waals surface area contributed by atoms with Gasteiger partial charge in [-0.3, -0.25) is 10.1 Å². The zero-order chi connectivity index (χ0) is 13.9. The van der Waals surface area contributed by atoms with Gasteiger partial charge in [0.05, 0.1) is 8.66 Å². The molecule has 2 aromatic rings. The SMILES string of the molecule is O=C(Nc1nnc(C2=COCCO2)o1)c1ccc(Br)s1. The molecule has 2 aromatic heterocycles. The molecule has 0 aliphatic carbocycles. The third-order valence-electron chi connectivity index (χ3n) is 2.30. The number of rotatable bonds is 3. The van der Waals surface area contributed by atoms with Gasteiger partial charge in [-0.25, -0.2) is 0 Å². The van der Waals surface area contributed by atoms with E-state index in [0.29, 0.717) is 23.9 Å². The molecule has 1 amide bonds. The van der Waals surface area contributed by atoms with Gasteiger partial charge in [0.1, 0.15) is 19.5 Å². The van der Waals surface area contributed by atoms with E-state index in [0.717, 1.165) is 3.79 Å². The summed E-state index contributed by atoms with van der Waals surface area (Å²) in [5.41, 5.74) is 0. The molecular weight excluding hydrogens is 350 g/mol. The Balaban J connectivity index is 1.71. The lowest BCUT2D eigenvalue weighted by molar-refractivity contribution is 0.102. The molecule has 0 saturated carbocycles. The van der Waals surface area contributed by atoms with Gasteiger partial charge in [-0.1, -0.05) is 5.10 Å². The normalized spacial score (nSPS) is 14.2. The van der Waals surface area contributed by atoms with Crippen LogP contribution >= 0.6 is 27.3 Å². The van der Waals surface area contributed by atoms with E-state index in [1.165, 1.54) is 17.6 Å². The predicted molar refractivity (Wildman–Crippen MR) is 74.2 cm³/mol. The molecule has 104 valence electrons. The molecule has 3 rings (SSSR count). The van der Waals surface area contributed by atoms with Crippen molar-refractivity contribution >= 4 is 44.9 Å². The maximum atomic E-state index is 11.9. The second kappa shape index (κ2) is 5.63. The number of halogens is 1. The van der Waals surface area contributed by atoms with Gasteiger partial charge < -0.3 is 13.9 Å². The summed E-state index contributed by atoms with van der Waals surface area (Å²) in [6, 6.07) is 3.49. The van der Waals surface area contributed by atoms with Crippen molar-refractivity contribution in [3.63, 3.8) is 0 Å². The first-order chi connectivity index (χ1) is 9.72. The Labute approximate surface area is 125 Å². The van der Waals surface area contributed by atoms with Crippen molar-refractivity contribution in [3.8, 4) is 0 Å². The van der Waals surface area contributed by atoms with Crippen LogP contribution in [0.3, 0.4) is 0 Å². The number of anilines is 1. The second-order valence-corrected chi connectivity index (χ2v) is 6.13. The molecule has 7 nitrogen and oxygen atoms in total. The topological polar surface area (TPSA) is 86.5 Å². The maximum Gasteiger partial charge on any atom is 0.322 e. The van der Waals surface area contributed by atoms with Gasteiger partial charge in [0, 0.05) is 0 Å². The molecular formula is C11H8BrN3O4S. The summed E-state index contributed by atoms with van der Waals surface area (Å²) in [5, 5.41) is 10.0. The summed E-state index contributed by atoms with van der Waals surface area (Å²) in [6.07, 6.45) is 1.40. The number of nitrogens with one attached hydrogen (secondary N) is 1. The van der Waals surface area contributed by atoms with Gasteiger partial charge in [0.2, 0.25) is 5.76 Å². The number of thiophene rings is 1. The Morgan fingerprint density at radius 3 is 2.95 bits per heavy atom. The molecule has 1 aliphatic heterocycles. The average molecular weight is 358 g/mol. The van der Waals surface area contributed by atoms with Gasteiger partial charge in [0.25, 0.3) is 11.8 Å². The molecule has 0 bridgehead atoms. The fraction of sp³-hybridized carbons (Fsp3) is 0.182. The van der Waals surface area contributed by atoms with Crippen LogP contribution in [0.1, 0.15) is 15.6 Å². The highest BCUT2D eigenvalue weighted by Crippen LogP contribution is 2.23. The standard InChI is InChI=1S/C11H8BrN3O4S/c12-8-2-1-7(20-8)9(16)13-11-15-14-10(19-11)6-5-17-3-4-18-6/h1-2,5H,3-4H2,(H,13,15,16). The number of ether oxygens (including phenoxy) is 2. The van der Waals surface area contributed by atoms with Crippen LogP contribution in [0.15, 0.2) is 26.6 Å². The van der Waals surface area contributed by atoms with Crippen LogP contribution in [-0.2, 0) is 9.47 Å². The van der Waals surface area contributed by atoms with Gasteiger partial charge >= 0.3 is 6.01 Å². The van der Waals surface area contributed by atoms with Crippen LogP contribution in [0, 0.1) is 0 Å². The summed E-state index contributed by atoms with van der Waals surface area (Å²) in [6.45, 7) is 0.896. The van der Waals surface area contributed by atoms with Crippen molar-refractivity contribution in [2.45, 2.75) is 0 Å². The Hall–Kier alpha value is -1.87. The summed E-state index contributed by atoms with van der Waals surface area (Å²) in [7, 11) is 0. The number of nitrogens with zero attached hydrogens (tertiary/aromatic N) is 2. The third kappa shape index (κ3) is 2.83. The molecule has 0 spiro atoms. The first-order valence-electron chi connectivity index (χ1n) is 5.57. The summed E-state index contributed by atoms with van der Waals surface area (Å²) >= 11 is 4.60. The van der Waals surface area contributed by atoms with E-state index in [1.54, 1.807) is 12.1 Å². The van der Waals surface area contributed by atoms with Crippen molar-refractivity contribution in [2.75, 3.05) is 18.5 Å². The molecule has 0 atom stereocenters. The molecule has 9 heteroatoms. The number of hydrogen-bond donors (Lipinski definition) is 1. The van der Waals surface area contributed by atoms with Crippen molar-refractivity contribution in [2.24, 2.45) is 0 Å². The van der Waals surface area contributed by atoms with E-state index >= 15 is 0 Å². The molecule has 0 aromatic carbocycles. The van der Waals surface area contributed by atoms with Gasteiger partial charge in [0.15, 0.2) is 0 Å². The molecule has 20 heavy (non-hydrogen) atoms. The van der Waals surface area contributed by atoms with E-state index in [-0.39, 0.29) is 17.8 Å². The van der Waals surface area contributed by atoms with Gasteiger partial charge in [-0.15, -0.1) is 16.4 Å². The molecule has 1 aliphatic rings. The zero-order valence-corrected chi connectivity index (χ0v) is 12.4. The Morgan fingerprint density at radius 1 is 1.35 bits per heavy atom. The Kier molecular flexibility index (Phi) is 3.70. The van der Waals surface area contributed by atoms with E-state index in [9.17, 15) is 4.79 Å². The van der Waals surface area contributed by atoms with Crippen molar-refractivity contribution < 1.29 is 18.7 Å². The number of aromatic nitrogens is 2. The fourth-order valence-electron chi connectivity index (χ4n) is 1.45. The van der Waals surface area contributed by atoms with Crippen molar-refractivity contribution in [1.29, 1.82) is 0 Å². The molecule has 0 saturated heterocycles. The minimum absolute atomic E-state index is 0.00426. The number of carbonyl (C=O) groups is 1. The van der Waals surface area contributed by atoms with Crippen LogP contribution in [0.5, 0.6) is 0 Å². The minimum Gasteiger partial charge on any atom is -0.494 e. The predicted octanol–water partition coefficient (Wildman–Crippen LogP) is 2.49. The quantitative estimate of drug-likeness (QED) is 0.907. The van der Waals surface area contributed by atoms with E-state index in [4.69, 9.17) is 13.9 Å². The first-order valence-corrected chi connectivity index (χ1v) is 7.18. The molecule has 0 radical (unpaired) electrons. The molecule has 1 N–H and O–H groups in total. The maximum absolute atomic E-state index is 11.9. The van der Waals surface area contributed by atoms with Crippen molar-refractivity contribution in [1.82, 2.24) is 10.2 Å². The average Bonchev–Trinajstić information content (AvgIpc) is 3.09. The Morgan fingerprint density at radius 2 is 2.25 bits per heavy atom. The van der Waals surface area contributed by atoms with Gasteiger partial charge in [-0.05, 0) is 28.1 Å². The summed E-state index contributed by atoms with van der Waals surface area (Å²) in [5.74, 6) is 0.196. The Bertz CT molecular complexity index is 666. The molecule has 3 heterocycles. The van der Waals surface area contributed by atoms with E-state index in [2.05, 4.69) is 31.4 Å². The van der Waals surface area contributed by atoms with Crippen LogP contribution in [0.25, 0.3) is 5.76 Å². The number of carbonyl (C=O) groups excluding carboxylic acids is 1. The smallest absolute Gasteiger partial charge is 0.322 e. The molecule has 0 unspecified atom stereocenters. The molecule has 0 fully saturated rings. The lowest BCUT2D eigenvalue weighted by Crippen LogP contribution is -2.10. The number of amides is 1. The highest BCUT2D eigenvalue weighted by atomic mass is 79.9. The van der Waals surface area contributed by atoms with Crippen molar-refractivity contribution in [3.05, 3.63) is 32.9 Å². The first kappa shape index (κ1) is 13.1. The zero-order valence-electron chi connectivity index (χ0n) is 9.96. The fourth-order valence-corrected chi connectivity index (χ4v) is 2.73. The monoisotopic (exact) mass is 357 g/mol. The lowest BCUT2D eigenvalue weighted by atomic mass is 10.4. The minimum atomic E-state index is -0.314. The van der Waals surface area contributed by atoms with E-state index in [1.807, 2.05) is 0 Å². The third-order valence-corrected chi connectivity index (χ3v) is 3.92. The van der Waals surface area contributed by atoms with Gasteiger partial charge in [-0.2, -0.15) is 0 Å². The second-order valence-electron chi connectivity index (χ2n) is 3.67. The van der Waals surface area contributed by atoms with Crippen LogP contribution in [0.4, 0.5) is 6.01 Å². The summed E-state index contributed by atoms with van der Waals surface area (Å²) in [4.78, 5) is 12.4. The summed E-state index contributed by atoms with van der Waals surface area (Å²) < 4.78 is 16.5. The highest BCUT2D eigenvalue weighted by molar-refractivity contribution is 9.11. The van der Waals surface area contributed by atoms with E-state index < -0.39 is 0 Å². The van der Waals surface area contributed by atoms with Crippen LogP contribution < -0.4 is 5.32 Å². The van der Waals surface area contributed by atoms with Crippen LogP contribution in [-0.4, -0.2) is 29.3 Å². The van der Waals surface area contributed by atoms with Crippen LogP contribution in [0.2, 0.25) is 0 Å². The largest absolute Gasteiger partial charge is 0.494 e.